The van der Waals surface area contributed by atoms with E-state index in [4.69, 9.17) is 5.26 Å². The van der Waals surface area contributed by atoms with E-state index in [1.807, 2.05) is 38.1 Å². The molecule has 0 aliphatic heterocycles. The number of halogens is 1. The number of aryl methyl sites for hydroxylation is 1. The number of nitriles is 1. The fourth-order valence-corrected chi connectivity index (χ4v) is 1.65. The molecule has 0 aliphatic carbocycles. The fraction of sp³-hybridized carbons (Fsp3) is 0.333. The summed E-state index contributed by atoms with van der Waals surface area (Å²) in [7, 11) is 0. The highest BCUT2D eigenvalue weighted by atomic mass is 79.9. The van der Waals surface area contributed by atoms with Crippen LogP contribution in [0.25, 0.3) is 0 Å². The molecule has 0 heterocycles. The van der Waals surface area contributed by atoms with Crippen LogP contribution in [0.5, 0.6) is 0 Å². The third-order valence-electron chi connectivity index (χ3n) is 2.34. The lowest BCUT2D eigenvalue weighted by molar-refractivity contribution is -0.118. The predicted octanol–water partition coefficient (Wildman–Crippen LogP) is 3.25. The molecule has 0 aromatic heterocycles. The van der Waals surface area contributed by atoms with Crippen molar-refractivity contribution in [3.63, 3.8) is 0 Å². The van der Waals surface area contributed by atoms with Gasteiger partial charge in [-0.3, -0.25) is 4.79 Å². The maximum atomic E-state index is 11.7. The van der Waals surface area contributed by atoms with Crippen molar-refractivity contribution in [1.82, 2.24) is 0 Å². The smallest absolute Gasteiger partial charge is 0.241 e. The molecule has 1 rings (SSSR count). The summed E-state index contributed by atoms with van der Waals surface area (Å²) >= 11 is 3.34. The minimum absolute atomic E-state index is 0.244. The summed E-state index contributed by atoms with van der Waals surface area (Å²) < 4.78 is 0.901. The van der Waals surface area contributed by atoms with Gasteiger partial charge in [0.2, 0.25) is 5.91 Å². The predicted molar refractivity (Wildman–Crippen MR) is 66.9 cm³/mol. The molecule has 3 nitrogen and oxygen atoms in total. The number of nitrogens with one attached hydrogen (secondary N) is 1. The van der Waals surface area contributed by atoms with Crippen molar-refractivity contribution in [2.75, 3.05) is 5.32 Å². The number of anilines is 1. The maximum Gasteiger partial charge on any atom is 0.241 e. The van der Waals surface area contributed by atoms with Crippen molar-refractivity contribution in [3.8, 4) is 6.07 Å². The topological polar surface area (TPSA) is 52.9 Å². The van der Waals surface area contributed by atoms with Crippen molar-refractivity contribution in [2.24, 2.45) is 5.92 Å². The second-order valence-corrected chi connectivity index (χ2v) is 4.45. The molecule has 1 amide bonds. The van der Waals surface area contributed by atoms with Gasteiger partial charge >= 0.3 is 0 Å². The zero-order valence-electron chi connectivity index (χ0n) is 9.25. The van der Waals surface area contributed by atoms with Gasteiger partial charge in [-0.15, -0.1) is 0 Å². The Bertz CT molecular complexity index is 437. The number of hydrogen-bond donors (Lipinski definition) is 1. The molecular weight excluding hydrogens is 268 g/mol. The van der Waals surface area contributed by atoms with Crippen LogP contribution in [-0.2, 0) is 4.79 Å². The summed E-state index contributed by atoms with van der Waals surface area (Å²) in [5.41, 5.74) is 1.72. The third-order valence-corrected chi connectivity index (χ3v) is 2.83. The summed E-state index contributed by atoms with van der Waals surface area (Å²) in [6.45, 7) is 3.73. The van der Waals surface area contributed by atoms with E-state index in [1.54, 1.807) is 0 Å². The molecule has 1 unspecified atom stereocenters. The molecular formula is C12H13BrN2O. The molecule has 0 spiro atoms. The van der Waals surface area contributed by atoms with Crippen LogP contribution in [0.1, 0.15) is 18.9 Å². The summed E-state index contributed by atoms with van der Waals surface area (Å²) in [6.07, 6.45) is 0.523. The van der Waals surface area contributed by atoms with Crippen LogP contribution in [0.4, 0.5) is 5.69 Å². The zero-order chi connectivity index (χ0) is 12.1. The summed E-state index contributed by atoms with van der Waals surface area (Å²) in [4.78, 5) is 11.7. The third kappa shape index (κ3) is 3.07. The Balaban J connectivity index is 2.85. The Morgan fingerprint density at radius 2 is 2.31 bits per heavy atom. The van der Waals surface area contributed by atoms with Gasteiger partial charge in [0, 0.05) is 10.2 Å². The van der Waals surface area contributed by atoms with Crippen molar-refractivity contribution < 1.29 is 4.79 Å². The van der Waals surface area contributed by atoms with E-state index in [0.29, 0.717) is 6.42 Å². The van der Waals surface area contributed by atoms with Crippen molar-refractivity contribution >= 4 is 27.5 Å². The molecule has 1 aromatic rings. The fourth-order valence-electron chi connectivity index (χ4n) is 1.28. The number of amides is 1. The van der Waals surface area contributed by atoms with Crippen LogP contribution >= 0.6 is 15.9 Å². The molecule has 0 saturated heterocycles. The van der Waals surface area contributed by atoms with Gasteiger partial charge in [0.25, 0.3) is 0 Å². The van der Waals surface area contributed by atoms with Crippen molar-refractivity contribution in [2.45, 2.75) is 20.3 Å². The Hall–Kier alpha value is -1.34. The van der Waals surface area contributed by atoms with Gasteiger partial charge in [-0.25, -0.2) is 0 Å². The van der Waals surface area contributed by atoms with Crippen molar-refractivity contribution in [3.05, 3.63) is 28.2 Å². The van der Waals surface area contributed by atoms with Gasteiger partial charge in [0.05, 0.1) is 6.07 Å². The van der Waals surface area contributed by atoms with E-state index < -0.39 is 5.92 Å². The Morgan fingerprint density at radius 3 is 2.88 bits per heavy atom. The second-order valence-electron chi connectivity index (χ2n) is 3.54. The van der Waals surface area contributed by atoms with Gasteiger partial charge in [-0.1, -0.05) is 28.9 Å². The zero-order valence-corrected chi connectivity index (χ0v) is 10.8. The number of hydrogen-bond acceptors (Lipinski definition) is 2. The van der Waals surface area contributed by atoms with E-state index in [0.717, 1.165) is 15.7 Å². The molecule has 4 heteroatoms. The van der Waals surface area contributed by atoms with Crippen LogP contribution < -0.4 is 5.32 Å². The lowest BCUT2D eigenvalue weighted by Gasteiger charge is -2.10. The summed E-state index contributed by atoms with van der Waals surface area (Å²) in [6, 6.07) is 7.63. The average Bonchev–Trinajstić information content (AvgIpc) is 2.25. The van der Waals surface area contributed by atoms with E-state index in [1.165, 1.54) is 0 Å². The molecule has 0 aliphatic rings. The van der Waals surface area contributed by atoms with Crippen LogP contribution in [0, 0.1) is 24.2 Å². The van der Waals surface area contributed by atoms with Gasteiger partial charge < -0.3 is 5.32 Å². The van der Waals surface area contributed by atoms with E-state index in [9.17, 15) is 4.79 Å². The van der Waals surface area contributed by atoms with Crippen molar-refractivity contribution in [1.29, 1.82) is 5.26 Å². The standard InChI is InChI=1S/C12H13BrN2O/c1-3-9(7-14)12(16)15-11-6-10(13)5-4-8(11)2/h4-6,9H,3H2,1-2H3,(H,15,16). The van der Waals surface area contributed by atoms with Crippen LogP contribution in [0.15, 0.2) is 22.7 Å². The second kappa shape index (κ2) is 5.66. The maximum absolute atomic E-state index is 11.7. The van der Waals surface area contributed by atoms with Gasteiger partial charge in [0.15, 0.2) is 0 Å². The first-order valence-corrected chi connectivity index (χ1v) is 5.84. The summed E-state index contributed by atoms with van der Waals surface area (Å²) in [5.74, 6) is -0.829. The first kappa shape index (κ1) is 12.7. The lowest BCUT2D eigenvalue weighted by atomic mass is 10.1. The van der Waals surface area contributed by atoms with Gasteiger partial charge in [-0.2, -0.15) is 5.26 Å². The first-order chi connectivity index (χ1) is 7.58. The van der Waals surface area contributed by atoms with E-state index in [2.05, 4.69) is 21.2 Å². The number of benzene rings is 1. The molecule has 0 saturated carbocycles. The molecule has 0 fully saturated rings. The Morgan fingerprint density at radius 1 is 1.62 bits per heavy atom. The van der Waals surface area contributed by atoms with Gasteiger partial charge in [0.1, 0.15) is 5.92 Å². The van der Waals surface area contributed by atoms with E-state index in [-0.39, 0.29) is 5.91 Å². The highest BCUT2D eigenvalue weighted by molar-refractivity contribution is 9.10. The molecule has 1 N–H and O–H groups in total. The van der Waals surface area contributed by atoms with Crippen LogP contribution in [0.3, 0.4) is 0 Å². The largest absolute Gasteiger partial charge is 0.325 e. The monoisotopic (exact) mass is 280 g/mol. The highest BCUT2D eigenvalue weighted by Gasteiger charge is 2.16. The average molecular weight is 281 g/mol. The minimum Gasteiger partial charge on any atom is -0.325 e. The van der Waals surface area contributed by atoms with Crippen LogP contribution in [-0.4, -0.2) is 5.91 Å². The number of nitrogens with zero attached hydrogens (tertiary/aromatic N) is 1. The van der Waals surface area contributed by atoms with Gasteiger partial charge in [-0.05, 0) is 31.0 Å². The SMILES string of the molecule is CCC(C#N)C(=O)Nc1cc(Br)ccc1C. The molecule has 16 heavy (non-hydrogen) atoms. The Kier molecular flexibility index (Phi) is 4.51. The highest BCUT2D eigenvalue weighted by Crippen LogP contribution is 2.21. The molecule has 1 aromatic carbocycles. The Labute approximate surface area is 104 Å². The lowest BCUT2D eigenvalue weighted by Crippen LogP contribution is -2.21. The molecule has 1 atom stereocenters. The molecule has 0 bridgehead atoms. The molecule has 0 radical (unpaired) electrons. The number of carbonyl (C=O) groups excluding carboxylic acids is 1. The minimum atomic E-state index is -0.585. The van der Waals surface area contributed by atoms with E-state index >= 15 is 0 Å². The first-order valence-electron chi connectivity index (χ1n) is 5.05. The quantitative estimate of drug-likeness (QED) is 0.924. The normalized spacial score (nSPS) is 11.6. The van der Waals surface area contributed by atoms with Crippen LogP contribution in [0.2, 0.25) is 0 Å². The molecule has 84 valence electrons. The number of carbonyl (C=O) groups is 1. The number of rotatable bonds is 3. The summed E-state index contributed by atoms with van der Waals surface area (Å²) in [5, 5.41) is 11.5.